The molecule has 4 N–H and O–H groups in total. The number of nitrogens with two attached hydrogens (primary N) is 2. The van der Waals surface area contributed by atoms with Crippen molar-refractivity contribution in [3.05, 3.63) is 54.1 Å². The summed E-state index contributed by atoms with van der Waals surface area (Å²) in [6, 6.07) is 7.06. The van der Waals surface area contributed by atoms with Crippen LogP contribution in [0.2, 0.25) is 0 Å². The average molecular weight is 475 g/mol. The van der Waals surface area contributed by atoms with Gasteiger partial charge < -0.3 is 16.0 Å². The van der Waals surface area contributed by atoms with Crippen molar-refractivity contribution in [3.63, 3.8) is 0 Å². The molecule has 1 aliphatic heterocycles. The van der Waals surface area contributed by atoms with E-state index in [1.807, 2.05) is 18.3 Å². The molecule has 6 rings (SSSR count). The van der Waals surface area contributed by atoms with Crippen LogP contribution < -0.4 is 11.5 Å². The van der Waals surface area contributed by atoms with Crippen LogP contribution in [0.15, 0.2) is 36.8 Å². The zero-order valence-corrected chi connectivity index (χ0v) is 19.5. The van der Waals surface area contributed by atoms with Gasteiger partial charge in [-0.2, -0.15) is 5.10 Å². The second kappa shape index (κ2) is 7.67. The first kappa shape index (κ1) is 21.8. The highest BCUT2D eigenvalue weighted by atomic mass is 19.1. The zero-order valence-electron chi connectivity index (χ0n) is 19.5. The van der Waals surface area contributed by atoms with Crippen LogP contribution in [-0.4, -0.2) is 40.6 Å². The first-order chi connectivity index (χ1) is 16.8. The van der Waals surface area contributed by atoms with Crippen LogP contribution >= 0.6 is 0 Å². The molecule has 1 saturated carbocycles. The second-order valence-electron chi connectivity index (χ2n) is 10.1. The van der Waals surface area contributed by atoms with Gasteiger partial charge in [0.15, 0.2) is 5.65 Å². The fourth-order valence-electron chi connectivity index (χ4n) is 5.84. The molecule has 180 valence electrons. The topological polar surface area (TPSA) is 130 Å². The lowest BCUT2D eigenvalue weighted by Crippen LogP contribution is -2.49. The number of hydrogen-bond acceptors (Lipinski definition) is 6. The van der Waals surface area contributed by atoms with Gasteiger partial charge in [0.05, 0.1) is 17.1 Å². The number of halogens is 1. The van der Waals surface area contributed by atoms with Gasteiger partial charge in [-0.25, -0.2) is 23.9 Å². The summed E-state index contributed by atoms with van der Waals surface area (Å²) < 4.78 is 18.0. The van der Waals surface area contributed by atoms with Crippen LogP contribution in [0.3, 0.4) is 0 Å². The van der Waals surface area contributed by atoms with E-state index in [0.29, 0.717) is 24.2 Å². The monoisotopic (exact) mass is 474 g/mol. The number of primary amides is 1. The van der Waals surface area contributed by atoms with E-state index >= 15 is 0 Å². The number of pyridine rings is 2. The summed E-state index contributed by atoms with van der Waals surface area (Å²) in [4.78, 5) is 25.5. The van der Waals surface area contributed by atoms with Gasteiger partial charge in [-0.1, -0.05) is 0 Å². The molecule has 0 unspecified atom stereocenters. The van der Waals surface area contributed by atoms with Crippen molar-refractivity contribution in [2.75, 3.05) is 0 Å². The molecule has 2 aliphatic rings. The molecule has 9 nitrogen and oxygen atoms in total. The van der Waals surface area contributed by atoms with Crippen molar-refractivity contribution in [1.29, 1.82) is 0 Å². The largest absolute Gasteiger partial charge is 0.370 e. The Morgan fingerprint density at radius 1 is 1.11 bits per heavy atom. The predicted octanol–water partition coefficient (Wildman–Crippen LogP) is 2.89. The van der Waals surface area contributed by atoms with Gasteiger partial charge in [0.25, 0.3) is 0 Å². The summed E-state index contributed by atoms with van der Waals surface area (Å²) >= 11 is 0. The third-order valence-electron chi connectivity index (χ3n) is 7.80. The van der Waals surface area contributed by atoms with Gasteiger partial charge in [0, 0.05) is 35.7 Å². The number of amides is 1. The highest BCUT2D eigenvalue weighted by Crippen LogP contribution is 2.51. The number of carbonyl (C=O) groups excluding carboxylic acids is 1. The van der Waals surface area contributed by atoms with Crippen LogP contribution in [-0.2, 0) is 16.8 Å². The van der Waals surface area contributed by atoms with E-state index in [0.717, 1.165) is 54.2 Å². The van der Waals surface area contributed by atoms with Crippen molar-refractivity contribution in [2.45, 2.75) is 62.9 Å². The summed E-state index contributed by atoms with van der Waals surface area (Å²) in [6.45, 7) is 2.46. The predicted molar refractivity (Wildman–Crippen MR) is 128 cm³/mol. The molecule has 1 spiro atoms. The summed E-state index contributed by atoms with van der Waals surface area (Å²) in [5.41, 5.74) is 15.6. The van der Waals surface area contributed by atoms with E-state index in [1.165, 1.54) is 12.4 Å². The molecule has 0 aromatic carbocycles. The van der Waals surface area contributed by atoms with Crippen molar-refractivity contribution in [1.82, 2.24) is 29.1 Å². The van der Waals surface area contributed by atoms with Gasteiger partial charge in [-0.05, 0) is 63.3 Å². The molecule has 10 heteroatoms. The molecule has 35 heavy (non-hydrogen) atoms. The Kier molecular flexibility index (Phi) is 4.79. The van der Waals surface area contributed by atoms with Gasteiger partial charge in [0.2, 0.25) is 5.91 Å². The van der Waals surface area contributed by atoms with Crippen molar-refractivity contribution < 1.29 is 9.18 Å². The Morgan fingerprint density at radius 2 is 1.91 bits per heavy atom. The number of hydrogen-bond donors (Lipinski definition) is 2. The Bertz CT molecular complexity index is 1460. The number of rotatable bonds is 4. The average Bonchev–Trinajstić information content (AvgIpc) is 3.52. The number of fused-ring (bicyclic) bond motifs is 3. The summed E-state index contributed by atoms with van der Waals surface area (Å²) in [6.07, 6.45) is 7.72. The maximum absolute atomic E-state index is 14.0. The SMILES string of the molecule is Cc1nc(-c2nc3n(c2-c2ccc4ncnn4c2)CCC32CCC(N)(CC(N)=O)CC2)ccc1F. The highest BCUT2D eigenvalue weighted by molar-refractivity contribution is 5.78. The quantitative estimate of drug-likeness (QED) is 0.468. The van der Waals surface area contributed by atoms with Gasteiger partial charge in [-0.15, -0.1) is 0 Å². The Morgan fingerprint density at radius 3 is 2.66 bits per heavy atom. The molecular formula is C25H27FN8O. The number of aromatic nitrogens is 6. The summed E-state index contributed by atoms with van der Waals surface area (Å²) in [7, 11) is 0. The Balaban J connectivity index is 1.48. The highest BCUT2D eigenvalue weighted by Gasteiger charge is 2.48. The maximum Gasteiger partial charge on any atom is 0.219 e. The third-order valence-corrected chi connectivity index (χ3v) is 7.80. The standard InChI is InChI=1S/C25H27FN8O/c1-15-17(26)3-4-18(31-15)21-22(16-2-5-20-29-14-30-34(20)13-16)33-11-10-24(23(33)32-21)6-8-25(28,9-7-24)12-19(27)35/h2-5,13-14H,6-12,28H2,1H3,(H2,27,35). The molecule has 5 heterocycles. The van der Waals surface area contributed by atoms with E-state index in [1.54, 1.807) is 17.5 Å². The van der Waals surface area contributed by atoms with E-state index in [2.05, 4.69) is 19.6 Å². The van der Waals surface area contributed by atoms with E-state index in [-0.39, 0.29) is 23.6 Å². The Hall–Kier alpha value is -3.66. The molecule has 4 aromatic heterocycles. The second-order valence-corrected chi connectivity index (χ2v) is 10.1. The minimum absolute atomic E-state index is 0.125. The molecule has 0 saturated heterocycles. The van der Waals surface area contributed by atoms with Gasteiger partial charge in [-0.3, -0.25) is 4.79 Å². The third kappa shape index (κ3) is 3.51. The minimum Gasteiger partial charge on any atom is -0.370 e. The van der Waals surface area contributed by atoms with Crippen molar-refractivity contribution in [3.8, 4) is 22.6 Å². The fourth-order valence-corrected chi connectivity index (χ4v) is 5.84. The van der Waals surface area contributed by atoms with Gasteiger partial charge >= 0.3 is 0 Å². The van der Waals surface area contributed by atoms with Crippen LogP contribution in [0.5, 0.6) is 0 Å². The van der Waals surface area contributed by atoms with E-state index in [9.17, 15) is 9.18 Å². The van der Waals surface area contributed by atoms with Crippen LogP contribution in [0.1, 0.15) is 50.0 Å². The van der Waals surface area contributed by atoms with Gasteiger partial charge in [0.1, 0.15) is 23.7 Å². The molecule has 0 bridgehead atoms. The Labute approximate surface area is 201 Å². The maximum atomic E-state index is 14.0. The lowest BCUT2D eigenvalue weighted by Gasteiger charge is -2.41. The minimum atomic E-state index is -0.559. The molecule has 0 radical (unpaired) electrons. The molecular weight excluding hydrogens is 447 g/mol. The lowest BCUT2D eigenvalue weighted by molar-refractivity contribution is -0.119. The molecule has 1 aliphatic carbocycles. The normalized spacial score (nSPS) is 23.7. The molecule has 0 atom stereocenters. The smallest absolute Gasteiger partial charge is 0.219 e. The zero-order chi connectivity index (χ0) is 24.4. The fraction of sp³-hybridized carbons (Fsp3) is 0.400. The van der Waals surface area contributed by atoms with Crippen molar-refractivity contribution >= 4 is 11.6 Å². The number of nitrogens with zero attached hydrogens (tertiary/aromatic N) is 6. The summed E-state index contributed by atoms with van der Waals surface area (Å²) in [5, 5.41) is 4.29. The van der Waals surface area contributed by atoms with E-state index in [4.69, 9.17) is 16.5 Å². The molecule has 4 aromatic rings. The van der Waals surface area contributed by atoms with Crippen LogP contribution in [0, 0.1) is 12.7 Å². The first-order valence-electron chi connectivity index (χ1n) is 11.9. The molecule has 1 fully saturated rings. The summed E-state index contributed by atoms with van der Waals surface area (Å²) in [5.74, 6) is 0.303. The lowest BCUT2D eigenvalue weighted by atomic mass is 9.65. The number of carbonyl (C=O) groups is 1. The van der Waals surface area contributed by atoms with Crippen molar-refractivity contribution in [2.24, 2.45) is 11.5 Å². The van der Waals surface area contributed by atoms with E-state index < -0.39 is 5.54 Å². The van der Waals surface area contributed by atoms with Crippen LogP contribution in [0.25, 0.3) is 28.3 Å². The van der Waals surface area contributed by atoms with Crippen LogP contribution in [0.4, 0.5) is 4.39 Å². The first-order valence-corrected chi connectivity index (χ1v) is 11.9. The number of imidazole rings is 1. The molecule has 1 amide bonds. The number of aryl methyl sites for hydroxylation is 1.